The second-order valence-corrected chi connectivity index (χ2v) is 4.67. The molecule has 2 aromatic rings. The van der Waals surface area contributed by atoms with Gasteiger partial charge in [0.05, 0.1) is 33.4 Å². The summed E-state index contributed by atoms with van der Waals surface area (Å²) in [5.41, 5.74) is 2.61. The van der Waals surface area contributed by atoms with Crippen molar-refractivity contribution in [1.29, 1.82) is 0 Å². The highest BCUT2D eigenvalue weighted by Gasteiger charge is 2.12. The van der Waals surface area contributed by atoms with E-state index in [9.17, 15) is 4.39 Å². The van der Waals surface area contributed by atoms with E-state index in [0.29, 0.717) is 10.6 Å². The molecule has 1 aromatic heterocycles. The fourth-order valence-electron chi connectivity index (χ4n) is 1.54. The predicted octanol–water partition coefficient (Wildman–Crippen LogP) is 4.25. The number of aryl methyl sites for hydroxylation is 2. The van der Waals surface area contributed by atoms with Crippen LogP contribution in [0.5, 0.6) is 0 Å². The number of rotatable bonds is 0. The van der Waals surface area contributed by atoms with E-state index in [1.54, 1.807) is 6.92 Å². The maximum atomic E-state index is 13.4. The molecule has 1 aromatic carbocycles. The molecule has 2 rings (SSSR count). The average Bonchev–Trinajstić information content (AvgIpc) is 2.40. The minimum Gasteiger partial charge on any atom is -0.285 e. The molecule has 0 saturated carbocycles. The van der Waals surface area contributed by atoms with E-state index in [1.165, 1.54) is 6.07 Å². The predicted molar refractivity (Wildman–Crippen MR) is 65.8 cm³/mol. The molecule has 0 radical (unpaired) electrons. The Hall–Kier alpha value is -0.290. The molecule has 0 unspecified atom stereocenters. The normalized spacial score (nSPS) is 11.2. The molecule has 0 bridgehead atoms. The third kappa shape index (κ3) is 1.34. The van der Waals surface area contributed by atoms with Crippen LogP contribution in [0.25, 0.3) is 10.9 Å². The van der Waals surface area contributed by atoms with E-state index >= 15 is 0 Å². The number of hydrogen-bond acceptors (Lipinski definition) is 0. The van der Waals surface area contributed by atoms with Crippen LogP contribution in [0.3, 0.4) is 0 Å². The van der Waals surface area contributed by atoms with Crippen LogP contribution >= 0.6 is 34.5 Å². The van der Waals surface area contributed by atoms with Crippen molar-refractivity contribution < 1.29 is 4.39 Å². The van der Waals surface area contributed by atoms with Gasteiger partial charge in [0.15, 0.2) is 0 Å². The summed E-state index contributed by atoms with van der Waals surface area (Å²) < 4.78 is 15.3. The summed E-state index contributed by atoms with van der Waals surface area (Å²) in [6.07, 6.45) is 0. The Balaban J connectivity index is 3.02. The second kappa shape index (κ2) is 3.38. The summed E-state index contributed by atoms with van der Waals surface area (Å²) >= 11 is 8.15. The van der Waals surface area contributed by atoms with Crippen molar-refractivity contribution in [3.05, 3.63) is 34.2 Å². The molecule has 4 heteroatoms. The van der Waals surface area contributed by atoms with Gasteiger partial charge in [0.2, 0.25) is 0 Å². The van der Waals surface area contributed by atoms with Gasteiger partial charge in [-0.05, 0) is 31.5 Å². The number of nitrogens with zero attached hydrogens (tertiary/aromatic N) is 1. The van der Waals surface area contributed by atoms with Crippen LogP contribution in [-0.4, -0.2) is 2.78 Å². The zero-order valence-corrected chi connectivity index (χ0v) is 10.6. The van der Waals surface area contributed by atoms with Gasteiger partial charge in [-0.25, -0.2) is 4.39 Å². The van der Waals surface area contributed by atoms with Gasteiger partial charge in [0, 0.05) is 11.1 Å². The molecular formula is C10H8ClFIN. The summed E-state index contributed by atoms with van der Waals surface area (Å²) in [5, 5.41) is 1.35. The summed E-state index contributed by atoms with van der Waals surface area (Å²) in [6.45, 7) is 3.74. The van der Waals surface area contributed by atoms with Gasteiger partial charge in [-0.2, -0.15) is 0 Å². The van der Waals surface area contributed by atoms with Crippen molar-refractivity contribution in [3.8, 4) is 0 Å². The molecule has 0 aliphatic heterocycles. The lowest BCUT2D eigenvalue weighted by Crippen LogP contribution is -1.86. The molecule has 0 saturated heterocycles. The van der Waals surface area contributed by atoms with E-state index in [1.807, 2.05) is 15.8 Å². The van der Waals surface area contributed by atoms with Gasteiger partial charge in [0.25, 0.3) is 0 Å². The van der Waals surface area contributed by atoms with Crippen LogP contribution in [0, 0.1) is 19.7 Å². The maximum Gasteiger partial charge on any atom is 0.128 e. The molecule has 0 fully saturated rings. The number of halogens is 3. The Labute approximate surface area is 100 Å². The first-order chi connectivity index (χ1) is 6.52. The Morgan fingerprint density at radius 3 is 2.64 bits per heavy atom. The molecule has 1 heterocycles. The Kier molecular flexibility index (Phi) is 2.47. The third-order valence-corrected chi connectivity index (χ3v) is 3.89. The quantitative estimate of drug-likeness (QED) is 0.639. The van der Waals surface area contributed by atoms with Gasteiger partial charge in [-0.1, -0.05) is 11.6 Å². The van der Waals surface area contributed by atoms with Crippen molar-refractivity contribution in [2.75, 3.05) is 0 Å². The smallest absolute Gasteiger partial charge is 0.128 e. The van der Waals surface area contributed by atoms with Gasteiger partial charge in [-0.15, -0.1) is 0 Å². The first-order valence-electron chi connectivity index (χ1n) is 4.15. The van der Waals surface area contributed by atoms with Crippen LogP contribution in [0.4, 0.5) is 4.39 Å². The van der Waals surface area contributed by atoms with Crippen molar-refractivity contribution >= 4 is 45.4 Å². The summed E-state index contributed by atoms with van der Waals surface area (Å²) in [7, 11) is 0. The van der Waals surface area contributed by atoms with Crippen LogP contribution in [0.2, 0.25) is 5.02 Å². The molecule has 0 aliphatic carbocycles. The zero-order chi connectivity index (χ0) is 10.5. The summed E-state index contributed by atoms with van der Waals surface area (Å²) in [5.74, 6) is -0.246. The monoisotopic (exact) mass is 323 g/mol. The van der Waals surface area contributed by atoms with E-state index in [4.69, 9.17) is 11.6 Å². The summed E-state index contributed by atoms with van der Waals surface area (Å²) in [4.78, 5) is 0. The molecule has 1 nitrogen and oxygen atoms in total. The van der Waals surface area contributed by atoms with E-state index in [-0.39, 0.29) is 5.82 Å². The molecule has 14 heavy (non-hydrogen) atoms. The first-order valence-corrected chi connectivity index (χ1v) is 5.49. The number of benzene rings is 1. The lowest BCUT2D eigenvalue weighted by molar-refractivity contribution is 0.621. The van der Waals surface area contributed by atoms with Gasteiger partial charge >= 0.3 is 0 Å². The van der Waals surface area contributed by atoms with Crippen LogP contribution in [0.15, 0.2) is 12.1 Å². The van der Waals surface area contributed by atoms with Crippen LogP contribution < -0.4 is 0 Å². The molecule has 74 valence electrons. The maximum absolute atomic E-state index is 13.4. The van der Waals surface area contributed by atoms with Gasteiger partial charge in [0.1, 0.15) is 5.82 Å². The number of hydrogen-bond donors (Lipinski definition) is 0. The van der Waals surface area contributed by atoms with Gasteiger partial charge < -0.3 is 0 Å². The number of aromatic nitrogens is 1. The fourth-order valence-corrected chi connectivity index (χ4v) is 2.62. The SMILES string of the molecule is Cc1c(F)cc(Cl)c2c1cc(C)n2I. The van der Waals surface area contributed by atoms with Gasteiger partial charge in [-0.3, -0.25) is 2.78 Å². The minimum absolute atomic E-state index is 0.246. The van der Waals surface area contributed by atoms with E-state index in [0.717, 1.165) is 16.6 Å². The van der Waals surface area contributed by atoms with Crippen LogP contribution in [-0.2, 0) is 0 Å². The highest BCUT2D eigenvalue weighted by Crippen LogP contribution is 2.32. The van der Waals surface area contributed by atoms with Crippen LogP contribution in [0.1, 0.15) is 11.3 Å². The summed E-state index contributed by atoms with van der Waals surface area (Å²) in [6, 6.07) is 3.32. The highest BCUT2D eigenvalue weighted by molar-refractivity contribution is 14.1. The van der Waals surface area contributed by atoms with Crippen molar-refractivity contribution in [2.45, 2.75) is 13.8 Å². The highest BCUT2D eigenvalue weighted by atomic mass is 127. The Morgan fingerprint density at radius 2 is 2.00 bits per heavy atom. The fraction of sp³-hybridized carbons (Fsp3) is 0.200. The molecule has 0 aliphatic rings. The molecule has 0 amide bonds. The third-order valence-electron chi connectivity index (χ3n) is 2.36. The van der Waals surface area contributed by atoms with E-state index in [2.05, 4.69) is 22.9 Å². The zero-order valence-electron chi connectivity index (χ0n) is 7.74. The average molecular weight is 324 g/mol. The Morgan fingerprint density at radius 1 is 1.36 bits per heavy atom. The van der Waals surface area contributed by atoms with Crippen molar-refractivity contribution in [1.82, 2.24) is 2.78 Å². The Bertz CT molecular complexity index is 519. The van der Waals surface area contributed by atoms with Crippen molar-refractivity contribution in [3.63, 3.8) is 0 Å². The topological polar surface area (TPSA) is 4.93 Å². The largest absolute Gasteiger partial charge is 0.285 e. The molecule has 0 spiro atoms. The number of fused-ring (bicyclic) bond motifs is 1. The first kappa shape index (κ1) is 10.2. The molecule has 0 atom stereocenters. The molecular weight excluding hydrogens is 315 g/mol. The minimum atomic E-state index is -0.246. The molecule has 0 N–H and O–H groups in total. The van der Waals surface area contributed by atoms with Crippen molar-refractivity contribution in [2.24, 2.45) is 0 Å². The lowest BCUT2D eigenvalue weighted by atomic mass is 10.1. The lowest BCUT2D eigenvalue weighted by Gasteiger charge is -2.02. The van der Waals surface area contributed by atoms with E-state index < -0.39 is 0 Å². The second-order valence-electron chi connectivity index (χ2n) is 3.29. The standard InChI is InChI=1S/C10H8ClFIN/c1-5-3-7-6(2)9(12)4-8(11)10(7)14(5)13/h3-4H,1-2H3.